The van der Waals surface area contributed by atoms with Crippen LogP contribution in [0.3, 0.4) is 0 Å². The van der Waals surface area contributed by atoms with Crippen molar-refractivity contribution in [1.82, 2.24) is 15.2 Å². The Labute approximate surface area is 167 Å². The van der Waals surface area contributed by atoms with Gasteiger partial charge in [0.1, 0.15) is 0 Å². The third kappa shape index (κ3) is 4.89. The molecule has 1 aliphatic rings. The van der Waals surface area contributed by atoms with E-state index in [0.717, 1.165) is 46.5 Å². The minimum absolute atomic E-state index is 0.00994. The lowest BCUT2D eigenvalue weighted by Crippen LogP contribution is -2.47. The van der Waals surface area contributed by atoms with Gasteiger partial charge in [0.05, 0.1) is 12.1 Å². The SMILES string of the molecule is Cc1cccc2cc(CN(C(=S)NCC(C)C)C3CCCCC3)c(=O)[nH]c12. The Morgan fingerprint density at radius 3 is 2.74 bits per heavy atom. The number of rotatable bonds is 5. The number of fused-ring (bicyclic) bond motifs is 1. The van der Waals surface area contributed by atoms with E-state index in [0.29, 0.717) is 18.5 Å². The number of thiocarbonyl (C=S) groups is 1. The summed E-state index contributed by atoms with van der Waals surface area (Å²) in [7, 11) is 0. The molecule has 5 heteroatoms. The first kappa shape index (κ1) is 19.9. The predicted molar refractivity (Wildman–Crippen MR) is 117 cm³/mol. The van der Waals surface area contributed by atoms with Crippen molar-refractivity contribution in [1.29, 1.82) is 0 Å². The van der Waals surface area contributed by atoms with Crippen LogP contribution in [0.4, 0.5) is 0 Å². The molecule has 3 rings (SSSR count). The van der Waals surface area contributed by atoms with Crippen LogP contribution in [0.1, 0.15) is 57.1 Å². The minimum Gasteiger partial charge on any atom is -0.362 e. The molecular weight excluding hydrogens is 354 g/mol. The summed E-state index contributed by atoms with van der Waals surface area (Å²) in [5.74, 6) is 0.531. The van der Waals surface area contributed by atoms with Gasteiger partial charge in [-0.25, -0.2) is 0 Å². The average molecular weight is 386 g/mol. The maximum absolute atomic E-state index is 12.7. The largest absolute Gasteiger partial charge is 0.362 e. The fourth-order valence-corrected chi connectivity index (χ4v) is 4.18. The van der Waals surface area contributed by atoms with Crippen molar-refractivity contribution < 1.29 is 0 Å². The van der Waals surface area contributed by atoms with E-state index in [1.807, 2.05) is 25.1 Å². The zero-order valence-electron chi connectivity index (χ0n) is 16.7. The summed E-state index contributed by atoms with van der Waals surface area (Å²) < 4.78 is 0. The number of hydrogen-bond acceptors (Lipinski definition) is 2. The van der Waals surface area contributed by atoms with E-state index in [1.165, 1.54) is 19.3 Å². The molecule has 1 heterocycles. The van der Waals surface area contributed by atoms with Crippen LogP contribution in [0, 0.1) is 12.8 Å². The lowest BCUT2D eigenvalue weighted by atomic mass is 9.94. The summed E-state index contributed by atoms with van der Waals surface area (Å²) in [5, 5.41) is 5.27. The van der Waals surface area contributed by atoms with Gasteiger partial charge in [-0.1, -0.05) is 51.3 Å². The summed E-state index contributed by atoms with van der Waals surface area (Å²) in [6, 6.07) is 8.56. The first-order chi connectivity index (χ1) is 13.0. The Kier molecular flexibility index (Phi) is 6.53. The minimum atomic E-state index is -0.00994. The molecule has 2 N–H and O–H groups in total. The molecule has 0 aliphatic heterocycles. The van der Waals surface area contributed by atoms with Crippen LogP contribution in [0.25, 0.3) is 10.9 Å². The lowest BCUT2D eigenvalue weighted by Gasteiger charge is -2.36. The van der Waals surface area contributed by atoms with Crippen molar-refractivity contribution in [2.24, 2.45) is 5.92 Å². The van der Waals surface area contributed by atoms with Crippen molar-refractivity contribution in [3.05, 3.63) is 45.7 Å². The molecule has 0 bridgehead atoms. The van der Waals surface area contributed by atoms with E-state index < -0.39 is 0 Å². The number of para-hydroxylation sites is 1. The van der Waals surface area contributed by atoms with E-state index in [9.17, 15) is 4.79 Å². The molecule has 1 fully saturated rings. The Hall–Kier alpha value is -1.88. The molecule has 1 aromatic heterocycles. The van der Waals surface area contributed by atoms with Gasteiger partial charge in [0.2, 0.25) is 0 Å². The Balaban J connectivity index is 1.88. The third-order valence-electron chi connectivity index (χ3n) is 5.44. The van der Waals surface area contributed by atoms with Crippen LogP contribution in [0.2, 0.25) is 0 Å². The van der Waals surface area contributed by atoms with Crippen molar-refractivity contribution in [3.8, 4) is 0 Å². The molecule has 0 radical (unpaired) electrons. The molecule has 1 saturated carbocycles. The number of benzene rings is 1. The maximum Gasteiger partial charge on any atom is 0.253 e. The second kappa shape index (κ2) is 8.87. The molecule has 4 nitrogen and oxygen atoms in total. The number of hydrogen-bond donors (Lipinski definition) is 2. The number of aromatic nitrogens is 1. The van der Waals surface area contributed by atoms with Crippen LogP contribution < -0.4 is 10.9 Å². The van der Waals surface area contributed by atoms with Gasteiger partial charge in [0.25, 0.3) is 5.56 Å². The van der Waals surface area contributed by atoms with Crippen LogP contribution in [-0.2, 0) is 6.54 Å². The Morgan fingerprint density at radius 2 is 2.04 bits per heavy atom. The molecule has 27 heavy (non-hydrogen) atoms. The topological polar surface area (TPSA) is 48.1 Å². The lowest BCUT2D eigenvalue weighted by molar-refractivity contribution is 0.234. The zero-order chi connectivity index (χ0) is 19.4. The van der Waals surface area contributed by atoms with E-state index >= 15 is 0 Å². The number of H-pyrrole nitrogens is 1. The highest BCUT2D eigenvalue weighted by molar-refractivity contribution is 7.80. The van der Waals surface area contributed by atoms with Crippen molar-refractivity contribution in [3.63, 3.8) is 0 Å². The van der Waals surface area contributed by atoms with Gasteiger partial charge in [-0.3, -0.25) is 4.79 Å². The fourth-order valence-electron chi connectivity index (χ4n) is 3.88. The van der Waals surface area contributed by atoms with Crippen molar-refractivity contribution >= 4 is 28.2 Å². The zero-order valence-corrected chi connectivity index (χ0v) is 17.5. The monoisotopic (exact) mass is 385 g/mol. The van der Waals surface area contributed by atoms with Gasteiger partial charge < -0.3 is 15.2 Å². The van der Waals surface area contributed by atoms with Crippen LogP contribution in [0.15, 0.2) is 29.1 Å². The highest BCUT2D eigenvalue weighted by Crippen LogP contribution is 2.24. The first-order valence-corrected chi connectivity index (χ1v) is 10.5. The van der Waals surface area contributed by atoms with E-state index in [2.05, 4.69) is 35.1 Å². The number of pyridine rings is 1. The standard InChI is InChI=1S/C22H31N3OS/c1-15(2)13-23-22(27)25(19-10-5-4-6-11-19)14-18-12-17-9-7-8-16(3)20(17)24-21(18)26/h7-9,12,15,19H,4-6,10-11,13-14H2,1-3H3,(H,23,27)(H,24,26). The number of nitrogens with zero attached hydrogens (tertiary/aromatic N) is 1. The fraction of sp³-hybridized carbons (Fsp3) is 0.545. The van der Waals surface area contributed by atoms with Crippen LogP contribution >= 0.6 is 12.2 Å². The van der Waals surface area contributed by atoms with Gasteiger partial charge in [0.15, 0.2) is 5.11 Å². The van der Waals surface area contributed by atoms with E-state index in [4.69, 9.17) is 12.2 Å². The van der Waals surface area contributed by atoms with Crippen LogP contribution in [0.5, 0.6) is 0 Å². The molecule has 0 unspecified atom stereocenters. The van der Waals surface area contributed by atoms with Gasteiger partial charge in [-0.2, -0.15) is 0 Å². The summed E-state index contributed by atoms with van der Waals surface area (Å²) in [4.78, 5) is 18.1. The summed E-state index contributed by atoms with van der Waals surface area (Å²) in [6.07, 6.45) is 6.07. The Bertz CT molecular complexity index is 852. The number of aromatic amines is 1. The summed E-state index contributed by atoms with van der Waals surface area (Å²) in [5.41, 5.74) is 2.79. The van der Waals surface area contributed by atoms with Gasteiger partial charge in [-0.15, -0.1) is 0 Å². The van der Waals surface area contributed by atoms with E-state index in [-0.39, 0.29) is 5.56 Å². The van der Waals surface area contributed by atoms with Gasteiger partial charge >= 0.3 is 0 Å². The van der Waals surface area contributed by atoms with Crippen molar-refractivity contribution in [2.75, 3.05) is 6.54 Å². The van der Waals surface area contributed by atoms with Gasteiger partial charge in [0, 0.05) is 18.2 Å². The molecule has 0 spiro atoms. The quantitative estimate of drug-likeness (QED) is 0.744. The molecule has 146 valence electrons. The van der Waals surface area contributed by atoms with Gasteiger partial charge in [-0.05, 0) is 54.9 Å². The first-order valence-electron chi connectivity index (χ1n) is 10.1. The Morgan fingerprint density at radius 1 is 1.30 bits per heavy atom. The highest BCUT2D eigenvalue weighted by atomic mass is 32.1. The molecule has 1 aliphatic carbocycles. The summed E-state index contributed by atoms with van der Waals surface area (Å²) >= 11 is 5.74. The third-order valence-corrected chi connectivity index (χ3v) is 5.82. The summed E-state index contributed by atoms with van der Waals surface area (Å²) in [6.45, 7) is 7.80. The molecular formula is C22H31N3OS. The molecule has 1 aromatic carbocycles. The molecule has 0 amide bonds. The number of nitrogens with one attached hydrogen (secondary N) is 2. The van der Waals surface area contributed by atoms with E-state index in [1.54, 1.807) is 0 Å². The second-order valence-corrected chi connectivity index (χ2v) is 8.55. The molecule has 2 aromatic rings. The second-order valence-electron chi connectivity index (χ2n) is 8.16. The highest BCUT2D eigenvalue weighted by Gasteiger charge is 2.24. The predicted octanol–water partition coefficient (Wildman–Crippen LogP) is 4.50. The smallest absolute Gasteiger partial charge is 0.253 e. The maximum atomic E-state index is 12.7. The molecule has 0 saturated heterocycles. The average Bonchev–Trinajstić information content (AvgIpc) is 2.66. The normalized spacial score (nSPS) is 15.3. The number of aryl methyl sites for hydroxylation is 1. The van der Waals surface area contributed by atoms with Crippen LogP contribution in [-0.4, -0.2) is 27.6 Å². The molecule has 0 atom stereocenters. The van der Waals surface area contributed by atoms with Crippen molar-refractivity contribution in [2.45, 2.75) is 65.5 Å².